The van der Waals surface area contributed by atoms with Gasteiger partial charge in [-0.25, -0.2) is 0 Å². The molecule has 4 nitrogen and oxygen atoms in total. The first-order valence-electron chi connectivity index (χ1n) is 7.52. The van der Waals surface area contributed by atoms with Crippen LogP contribution in [0.5, 0.6) is 0 Å². The van der Waals surface area contributed by atoms with Gasteiger partial charge in [-0.2, -0.15) is 0 Å². The molecule has 0 amide bonds. The Morgan fingerprint density at radius 2 is 1.71 bits per heavy atom. The molecular weight excluding hydrogens is 340 g/mol. The lowest BCUT2D eigenvalue weighted by molar-refractivity contribution is -0.144. The Morgan fingerprint density at radius 1 is 1.00 bits per heavy atom. The maximum absolute atomic E-state index is 11.8. The second-order valence-electron chi connectivity index (χ2n) is 4.98. The molecule has 3 aromatic rings. The first-order valence-corrected chi connectivity index (χ1v) is 9.33. The van der Waals surface area contributed by atoms with E-state index in [1.807, 2.05) is 60.7 Å². The van der Waals surface area contributed by atoms with Crippen LogP contribution in [0.25, 0.3) is 10.6 Å². The molecule has 0 saturated heterocycles. The molecule has 1 aromatic heterocycles. The minimum atomic E-state index is -0.195. The van der Waals surface area contributed by atoms with Crippen LogP contribution in [0.3, 0.4) is 0 Å². The second kappa shape index (κ2) is 8.61. The van der Waals surface area contributed by atoms with Crippen molar-refractivity contribution in [2.24, 2.45) is 0 Å². The summed E-state index contributed by atoms with van der Waals surface area (Å²) < 4.78 is 6.12. The van der Waals surface area contributed by atoms with Crippen molar-refractivity contribution in [3.63, 3.8) is 0 Å². The zero-order valence-corrected chi connectivity index (χ0v) is 14.6. The lowest BCUT2D eigenvalue weighted by Gasteiger charge is -2.04. The fraction of sp³-hybridized carbons (Fsp3) is 0.167. The quantitative estimate of drug-likeness (QED) is 0.463. The molecule has 0 fully saturated rings. The number of rotatable bonds is 7. The predicted molar refractivity (Wildman–Crippen MR) is 96.9 cm³/mol. The Hall–Kier alpha value is -2.18. The monoisotopic (exact) mass is 356 g/mol. The SMILES string of the molecule is O=C(CCSc1nnc(-c2ccccc2)s1)OCc1ccccc1. The molecule has 3 rings (SSSR count). The minimum Gasteiger partial charge on any atom is -0.461 e. The lowest BCUT2D eigenvalue weighted by atomic mass is 10.2. The number of carbonyl (C=O) groups excluding carboxylic acids is 1. The third-order valence-electron chi connectivity index (χ3n) is 3.20. The Balaban J connectivity index is 1.42. The largest absolute Gasteiger partial charge is 0.461 e. The molecule has 0 aliphatic rings. The number of ether oxygens (including phenoxy) is 1. The summed E-state index contributed by atoms with van der Waals surface area (Å²) in [7, 11) is 0. The van der Waals surface area contributed by atoms with Crippen LogP contribution in [-0.4, -0.2) is 21.9 Å². The summed E-state index contributed by atoms with van der Waals surface area (Å²) in [5.74, 6) is 0.441. The van der Waals surface area contributed by atoms with Crippen molar-refractivity contribution in [1.82, 2.24) is 10.2 Å². The topological polar surface area (TPSA) is 52.1 Å². The van der Waals surface area contributed by atoms with Gasteiger partial charge in [0.05, 0.1) is 6.42 Å². The summed E-state index contributed by atoms with van der Waals surface area (Å²) in [5, 5.41) is 9.25. The van der Waals surface area contributed by atoms with Crippen LogP contribution >= 0.6 is 23.1 Å². The summed E-state index contributed by atoms with van der Waals surface area (Å²) in [6.45, 7) is 0.321. The van der Waals surface area contributed by atoms with E-state index in [0.717, 1.165) is 20.5 Å². The smallest absolute Gasteiger partial charge is 0.306 e. The van der Waals surface area contributed by atoms with Gasteiger partial charge in [0.2, 0.25) is 0 Å². The van der Waals surface area contributed by atoms with Gasteiger partial charge in [-0.05, 0) is 5.56 Å². The van der Waals surface area contributed by atoms with Gasteiger partial charge in [0, 0.05) is 11.3 Å². The highest BCUT2D eigenvalue weighted by molar-refractivity contribution is 8.01. The predicted octanol–water partition coefficient (Wildman–Crippen LogP) is 4.43. The highest BCUT2D eigenvalue weighted by Gasteiger charge is 2.09. The molecule has 0 aliphatic carbocycles. The van der Waals surface area contributed by atoms with Crippen molar-refractivity contribution >= 4 is 29.1 Å². The Bertz CT molecular complexity index is 776. The van der Waals surface area contributed by atoms with Gasteiger partial charge >= 0.3 is 5.97 Å². The maximum Gasteiger partial charge on any atom is 0.306 e. The number of esters is 1. The number of hydrogen-bond acceptors (Lipinski definition) is 6. The number of aromatic nitrogens is 2. The van der Waals surface area contributed by atoms with Crippen molar-refractivity contribution < 1.29 is 9.53 Å². The molecule has 0 unspecified atom stereocenters. The first-order chi connectivity index (χ1) is 11.8. The summed E-state index contributed by atoms with van der Waals surface area (Å²) in [5.41, 5.74) is 2.05. The van der Waals surface area contributed by atoms with Gasteiger partial charge in [0.25, 0.3) is 0 Å². The molecule has 0 N–H and O–H groups in total. The van der Waals surface area contributed by atoms with Crippen molar-refractivity contribution in [2.45, 2.75) is 17.4 Å². The maximum atomic E-state index is 11.8. The number of nitrogens with zero attached hydrogens (tertiary/aromatic N) is 2. The van der Waals surface area contributed by atoms with Crippen LogP contribution < -0.4 is 0 Å². The van der Waals surface area contributed by atoms with Gasteiger partial charge in [-0.1, -0.05) is 83.8 Å². The fourth-order valence-electron chi connectivity index (χ4n) is 2.00. The Labute approximate surface area is 148 Å². The summed E-state index contributed by atoms with van der Waals surface area (Å²) in [6.07, 6.45) is 0.359. The standard InChI is InChI=1S/C18H16N2O2S2/c21-16(22-13-14-7-3-1-4-8-14)11-12-23-18-20-19-17(24-18)15-9-5-2-6-10-15/h1-10H,11-13H2. The average Bonchev–Trinajstić information content (AvgIpc) is 3.11. The van der Waals surface area contributed by atoms with Crippen LogP contribution in [0.1, 0.15) is 12.0 Å². The molecule has 122 valence electrons. The van der Waals surface area contributed by atoms with Crippen LogP contribution in [0.15, 0.2) is 65.0 Å². The average molecular weight is 356 g/mol. The van der Waals surface area contributed by atoms with E-state index in [4.69, 9.17) is 4.74 Å². The molecule has 1 heterocycles. The summed E-state index contributed by atoms with van der Waals surface area (Å²) >= 11 is 3.07. The van der Waals surface area contributed by atoms with Crippen LogP contribution in [-0.2, 0) is 16.1 Å². The van der Waals surface area contributed by atoms with E-state index in [2.05, 4.69) is 10.2 Å². The molecule has 0 bridgehead atoms. The van der Waals surface area contributed by atoms with Crippen LogP contribution in [0, 0.1) is 0 Å². The highest BCUT2D eigenvalue weighted by atomic mass is 32.2. The van der Waals surface area contributed by atoms with E-state index < -0.39 is 0 Å². The van der Waals surface area contributed by atoms with E-state index in [1.165, 1.54) is 23.1 Å². The summed E-state index contributed by atoms with van der Waals surface area (Å²) in [6, 6.07) is 19.6. The molecular formula is C18H16N2O2S2. The molecule has 0 saturated carbocycles. The Morgan fingerprint density at radius 3 is 2.46 bits per heavy atom. The number of benzene rings is 2. The van der Waals surface area contributed by atoms with Crippen molar-refractivity contribution in [3.8, 4) is 10.6 Å². The minimum absolute atomic E-state index is 0.195. The van der Waals surface area contributed by atoms with Gasteiger partial charge < -0.3 is 4.74 Å². The molecule has 0 aliphatic heterocycles. The van der Waals surface area contributed by atoms with E-state index in [9.17, 15) is 4.79 Å². The fourth-order valence-corrected chi connectivity index (χ4v) is 3.84. The summed E-state index contributed by atoms with van der Waals surface area (Å²) in [4.78, 5) is 11.8. The van der Waals surface area contributed by atoms with Gasteiger partial charge in [0.1, 0.15) is 11.6 Å². The van der Waals surface area contributed by atoms with E-state index in [1.54, 1.807) is 0 Å². The number of hydrogen-bond donors (Lipinski definition) is 0. The Kier molecular flexibility index (Phi) is 5.98. The molecule has 2 aromatic carbocycles. The number of carbonyl (C=O) groups is 1. The third-order valence-corrected chi connectivity index (χ3v) is 5.31. The van der Waals surface area contributed by atoms with Crippen LogP contribution in [0.4, 0.5) is 0 Å². The normalized spacial score (nSPS) is 10.5. The first kappa shape index (κ1) is 16.7. The highest BCUT2D eigenvalue weighted by Crippen LogP contribution is 2.29. The lowest BCUT2D eigenvalue weighted by Crippen LogP contribution is -2.05. The second-order valence-corrected chi connectivity index (χ2v) is 7.30. The van der Waals surface area contributed by atoms with Crippen molar-refractivity contribution in [1.29, 1.82) is 0 Å². The molecule has 24 heavy (non-hydrogen) atoms. The van der Waals surface area contributed by atoms with Gasteiger partial charge in [-0.3, -0.25) is 4.79 Å². The van der Waals surface area contributed by atoms with Crippen molar-refractivity contribution in [3.05, 3.63) is 66.2 Å². The van der Waals surface area contributed by atoms with Gasteiger partial charge in [0.15, 0.2) is 4.34 Å². The zero-order valence-electron chi connectivity index (χ0n) is 12.9. The van der Waals surface area contributed by atoms with E-state index in [-0.39, 0.29) is 5.97 Å². The zero-order chi connectivity index (χ0) is 16.6. The van der Waals surface area contributed by atoms with E-state index in [0.29, 0.717) is 18.8 Å². The third kappa shape index (κ3) is 4.91. The molecule has 6 heteroatoms. The molecule has 0 spiro atoms. The van der Waals surface area contributed by atoms with E-state index >= 15 is 0 Å². The molecule has 0 radical (unpaired) electrons. The van der Waals surface area contributed by atoms with Crippen molar-refractivity contribution in [2.75, 3.05) is 5.75 Å². The van der Waals surface area contributed by atoms with Crippen LogP contribution in [0.2, 0.25) is 0 Å². The van der Waals surface area contributed by atoms with Gasteiger partial charge in [-0.15, -0.1) is 10.2 Å². The molecule has 0 atom stereocenters. The number of thioether (sulfide) groups is 1.